The summed E-state index contributed by atoms with van der Waals surface area (Å²) in [5.41, 5.74) is 2.96. The van der Waals surface area contributed by atoms with Gasteiger partial charge < -0.3 is 24.8 Å². The molecule has 0 saturated carbocycles. The van der Waals surface area contributed by atoms with Gasteiger partial charge in [0.1, 0.15) is 0 Å². The number of benzene rings is 1. The minimum atomic E-state index is -0.551. The molecular formula is C21H27N3O5. The highest BCUT2D eigenvalue weighted by Crippen LogP contribution is 2.33. The number of nitrogens with one attached hydrogen (secondary N) is 2. The summed E-state index contributed by atoms with van der Waals surface area (Å²) >= 11 is 0. The summed E-state index contributed by atoms with van der Waals surface area (Å²) < 4.78 is 16.6. The second-order valence-electron chi connectivity index (χ2n) is 7.71. The van der Waals surface area contributed by atoms with Crippen molar-refractivity contribution in [3.8, 4) is 0 Å². The number of likely N-dealkylation sites (tertiary alicyclic amines) is 1. The number of esters is 1. The summed E-state index contributed by atoms with van der Waals surface area (Å²) in [4.78, 5) is 27.2. The van der Waals surface area contributed by atoms with Gasteiger partial charge in [-0.1, -0.05) is 29.8 Å². The maximum absolute atomic E-state index is 12.7. The van der Waals surface area contributed by atoms with E-state index in [9.17, 15) is 9.59 Å². The van der Waals surface area contributed by atoms with E-state index in [0.717, 1.165) is 37.1 Å². The summed E-state index contributed by atoms with van der Waals surface area (Å²) in [6.07, 6.45) is 1.53. The second kappa shape index (κ2) is 8.14. The standard InChI is InChI=1S/C21H27N3O5/c1-14-3-5-15(6-4-14)18-17(19(25)27-2)16(22-20(26)23-18)13-24-9-7-21(8-10-24)28-11-12-29-21/h3-6,18H,7-13H2,1-2H3,(H2,22,23,26). The summed E-state index contributed by atoms with van der Waals surface area (Å²) in [6, 6.07) is 6.89. The first kappa shape index (κ1) is 19.9. The zero-order valence-electron chi connectivity index (χ0n) is 16.8. The normalized spacial score (nSPS) is 24.3. The molecule has 1 unspecified atom stereocenters. The number of carbonyl (C=O) groups excluding carboxylic acids is 2. The van der Waals surface area contributed by atoms with Crippen LogP contribution in [0.2, 0.25) is 0 Å². The molecular weight excluding hydrogens is 374 g/mol. The Balaban J connectivity index is 1.58. The monoisotopic (exact) mass is 401 g/mol. The van der Waals surface area contributed by atoms with Crippen LogP contribution in [0.15, 0.2) is 35.5 Å². The molecule has 8 nitrogen and oxygen atoms in total. The average molecular weight is 401 g/mol. The number of methoxy groups -OCH3 is 1. The molecule has 3 heterocycles. The van der Waals surface area contributed by atoms with Gasteiger partial charge in [-0.05, 0) is 12.5 Å². The molecule has 1 atom stereocenters. The van der Waals surface area contributed by atoms with Gasteiger partial charge in [0.05, 0.1) is 31.9 Å². The van der Waals surface area contributed by atoms with Crippen molar-refractivity contribution in [2.45, 2.75) is 31.6 Å². The predicted octanol–water partition coefficient (Wildman–Crippen LogP) is 1.61. The van der Waals surface area contributed by atoms with E-state index in [2.05, 4.69) is 15.5 Å². The van der Waals surface area contributed by atoms with Crippen molar-refractivity contribution < 1.29 is 23.8 Å². The van der Waals surface area contributed by atoms with E-state index in [-0.39, 0.29) is 6.03 Å². The zero-order valence-corrected chi connectivity index (χ0v) is 16.8. The minimum absolute atomic E-state index is 0.325. The molecule has 2 saturated heterocycles. The van der Waals surface area contributed by atoms with E-state index in [0.29, 0.717) is 31.0 Å². The molecule has 29 heavy (non-hydrogen) atoms. The number of aryl methyl sites for hydroxylation is 1. The van der Waals surface area contributed by atoms with Crippen molar-refractivity contribution in [2.75, 3.05) is 40.0 Å². The van der Waals surface area contributed by atoms with Gasteiger partial charge in [-0.25, -0.2) is 9.59 Å². The van der Waals surface area contributed by atoms with Crippen LogP contribution >= 0.6 is 0 Å². The highest BCUT2D eigenvalue weighted by atomic mass is 16.7. The molecule has 2 fully saturated rings. The van der Waals surface area contributed by atoms with Crippen LogP contribution < -0.4 is 10.6 Å². The Labute approximate surface area is 170 Å². The Morgan fingerprint density at radius 1 is 1.21 bits per heavy atom. The topological polar surface area (TPSA) is 89.1 Å². The number of carbonyl (C=O) groups is 2. The van der Waals surface area contributed by atoms with Crippen molar-refractivity contribution in [3.63, 3.8) is 0 Å². The number of piperidine rings is 1. The van der Waals surface area contributed by atoms with Crippen LogP contribution in [-0.2, 0) is 19.0 Å². The first-order valence-corrected chi connectivity index (χ1v) is 9.95. The van der Waals surface area contributed by atoms with E-state index >= 15 is 0 Å². The SMILES string of the molecule is COC(=O)C1=C(CN2CCC3(CC2)OCCO3)NC(=O)NC1c1ccc(C)cc1. The quantitative estimate of drug-likeness (QED) is 0.746. The molecule has 0 aliphatic carbocycles. The fourth-order valence-electron chi connectivity index (χ4n) is 4.16. The van der Waals surface area contributed by atoms with Crippen molar-refractivity contribution in [3.05, 3.63) is 46.7 Å². The van der Waals surface area contributed by atoms with Gasteiger partial charge in [-0.3, -0.25) is 4.90 Å². The largest absolute Gasteiger partial charge is 0.466 e. The Kier molecular flexibility index (Phi) is 5.58. The van der Waals surface area contributed by atoms with Gasteiger partial charge in [0.25, 0.3) is 0 Å². The van der Waals surface area contributed by atoms with Gasteiger partial charge in [0.2, 0.25) is 0 Å². The number of urea groups is 1. The number of hydrogen-bond donors (Lipinski definition) is 2. The summed E-state index contributed by atoms with van der Waals surface area (Å²) in [5.74, 6) is -0.910. The molecule has 0 bridgehead atoms. The summed E-state index contributed by atoms with van der Waals surface area (Å²) in [6.45, 7) is 5.24. The van der Waals surface area contributed by atoms with Crippen LogP contribution in [-0.4, -0.2) is 62.6 Å². The lowest BCUT2D eigenvalue weighted by molar-refractivity contribution is -0.184. The number of nitrogens with zero attached hydrogens (tertiary/aromatic N) is 1. The molecule has 0 aromatic heterocycles. The van der Waals surface area contributed by atoms with Crippen molar-refractivity contribution in [1.29, 1.82) is 0 Å². The third-order valence-electron chi connectivity index (χ3n) is 5.78. The molecule has 0 radical (unpaired) electrons. The fraction of sp³-hybridized carbons (Fsp3) is 0.524. The predicted molar refractivity (Wildman–Crippen MR) is 105 cm³/mol. The van der Waals surface area contributed by atoms with Crippen LogP contribution in [0.25, 0.3) is 0 Å². The van der Waals surface area contributed by atoms with Crippen LogP contribution in [0.1, 0.15) is 30.0 Å². The third-order valence-corrected chi connectivity index (χ3v) is 5.78. The zero-order chi connectivity index (χ0) is 20.4. The summed E-state index contributed by atoms with van der Waals surface area (Å²) in [7, 11) is 1.36. The van der Waals surface area contributed by atoms with Crippen molar-refractivity contribution in [2.24, 2.45) is 0 Å². The third kappa shape index (κ3) is 4.14. The molecule has 1 spiro atoms. The first-order valence-electron chi connectivity index (χ1n) is 9.95. The van der Waals surface area contributed by atoms with E-state index in [1.54, 1.807) is 0 Å². The highest BCUT2D eigenvalue weighted by Gasteiger charge is 2.41. The van der Waals surface area contributed by atoms with Crippen LogP contribution in [0.4, 0.5) is 4.79 Å². The Morgan fingerprint density at radius 3 is 2.48 bits per heavy atom. The molecule has 3 aliphatic rings. The Morgan fingerprint density at radius 2 is 1.86 bits per heavy atom. The van der Waals surface area contributed by atoms with Crippen molar-refractivity contribution >= 4 is 12.0 Å². The first-order chi connectivity index (χ1) is 14.0. The molecule has 2 amide bonds. The molecule has 1 aromatic rings. The molecule has 4 rings (SSSR count). The van der Waals surface area contributed by atoms with Gasteiger partial charge in [0, 0.05) is 38.2 Å². The fourth-order valence-corrected chi connectivity index (χ4v) is 4.16. The average Bonchev–Trinajstić information content (AvgIpc) is 3.17. The van der Waals surface area contributed by atoms with Crippen molar-refractivity contribution in [1.82, 2.24) is 15.5 Å². The molecule has 8 heteroatoms. The van der Waals surface area contributed by atoms with Gasteiger partial charge in [-0.15, -0.1) is 0 Å². The van der Waals surface area contributed by atoms with E-state index in [1.165, 1.54) is 7.11 Å². The minimum Gasteiger partial charge on any atom is -0.466 e. The lowest BCUT2D eigenvalue weighted by atomic mass is 9.94. The number of rotatable bonds is 4. The van der Waals surface area contributed by atoms with Gasteiger partial charge >= 0.3 is 12.0 Å². The lowest BCUT2D eigenvalue weighted by Gasteiger charge is -2.39. The van der Waals surface area contributed by atoms with E-state index in [4.69, 9.17) is 14.2 Å². The van der Waals surface area contributed by atoms with Gasteiger partial charge in [0.15, 0.2) is 5.79 Å². The highest BCUT2D eigenvalue weighted by molar-refractivity contribution is 5.95. The van der Waals surface area contributed by atoms with E-state index in [1.807, 2.05) is 31.2 Å². The summed E-state index contributed by atoms with van der Waals surface area (Å²) in [5, 5.41) is 5.68. The maximum Gasteiger partial charge on any atom is 0.338 e. The molecule has 1 aromatic carbocycles. The Hall–Kier alpha value is -2.42. The number of hydrogen-bond acceptors (Lipinski definition) is 6. The van der Waals surface area contributed by atoms with Crippen LogP contribution in [0, 0.1) is 6.92 Å². The second-order valence-corrected chi connectivity index (χ2v) is 7.71. The lowest BCUT2D eigenvalue weighted by Crippen LogP contribution is -2.51. The molecule has 2 N–H and O–H groups in total. The van der Waals surface area contributed by atoms with Crippen LogP contribution in [0.3, 0.4) is 0 Å². The number of ether oxygens (including phenoxy) is 3. The van der Waals surface area contributed by atoms with Crippen LogP contribution in [0.5, 0.6) is 0 Å². The van der Waals surface area contributed by atoms with E-state index < -0.39 is 17.8 Å². The van der Waals surface area contributed by atoms with Gasteiger partial charge in [-0.2, -0.15) is 0 Å². The smallest absolute Gasteiger partial charge is 0.338 e. The number of amides is 2. The maximum atomic E-state index is 12.7. The molecule has 156 valence electrons. The Bertz CT molecular complexity index is 804. The molecule has 3 aliphatic heterocycles.